The van der Waals surface area contributed by atoms with Gasteiger partial charge >= 0.3 is 0 Å². The Balaban J connectivity index is 1.76. The first-order chi connectivity index (χ1) is 11.8. The Kier molecular flexibility index (Phi) is 4.92. The second-order valence-corrected chi connectivity index (χ2v) is 5.36. The van der Waals surface area contributed by atoms with Gasteiger partial charge in [-0.25, -0.2) is 4.98 Å². The molecule has 0 radical (unpaired) electrons. The van der Waals surface area contributed by atoms with Gasteiger partial charge in [0.25, 0.3) is 0 Å². The van der Waals surface area contributed by atoms with Gasteiger partial charge in [-0.3, -0.25) is 0 Å². The Morgan fingerprint density at radius 3 is 2.50 bits per heavy atom. The summed E-state index contributed by atoms with van der Waals surface area (Å²) in [5, 5.41) is 0. The van der Waals surface area contributed by atoms with E-state index >= 15 is 0 Å². The van der Waals surface area contributed by atoms with Crippen LogP contribution < -0.4 is 9.47 Å². The van der Waals surface area contributed by atoms with Gasteiger partial charge in [0.1, 0.15) is 12.4 Å². The molecule has 0 N–H and O–H groups in total. The van der Waals surface area contributed by atoms with Crippen LogP contribution in [0.1, 0.15) is 11.1 Å². The maximum Gasteiger partial charge on any atom is 0.213 e. The monoisotopic (exact) mass is 317 g/mol. The van der Waals surface area contributed by atoms with Gasteiger partial charge in [0.05, 0.1) is 7.11 Å². The van der Waals surface area contributed by atoms with Crippen molar-refractivity contribution in [3.05, 3.63) is 84.6 Å². The van der Waals surface area contributed by atoms with E-state index in [9.17, 15) is 0 Å². The standard InChI is InChI=1S/C21H19NO2/c1-3-16-11-19(13-20(12-16)23-2)18-9-10-21(22-14-18)24-15-17-7-5-4-6-8-17/h3-14H,1,15H2,2H3. The second-order valence-electron chi connectivity index (χ2n) is 5.36. The summed E-state index contributed by atoms with van der Waals surface area (Å²) in [5.41, 5.74) is 4.16. The summed E-state index contributed by atoms with van der Waals surface area (Å²) in [4.78, 5) is 4.39. The molecule has 0 atom stereocenters. The van der Waals surface area contributed by atoms with Crippen LogP contribution in [0.4, 0.5) is 0 Å². The van der Waals surface area contributed by atoms with E-state index in [1.165, 1.54) is 0 Å². The van der Waals surface area contributed by atoms with E-state index < -0.39 is 0 Å². The van der Waals surface area contributed by atoms with Crippen molar-refractivity contribution in [1.29, 1.82) is 0 Å². The lowest BCUT2D eigenvalue weighted by Gasteiger charge is -2.09. The number of pyridine rings is 1. The molecule has 0 amide bonds. The number of hydrogen-bond donors (Lipinski definition) is 0. The molecule has 0 aliphatic heterocycles. The fourth-order valence-corrected chi connectivity index (χ4v) is 2.39. The number of rotatable bonds is 6. The summed E-state index contributed by atoms with van der Waals surface area (Å²) >= 11 is 0. The van der Waals surface area contributed by atoms with Crippen molar-refractivity contribution in [3.63, 3.8) is 0 Å². The van der Waals surface area contributed by atoms with Gasteiger partial charge < -0.3 is 9.47 Å². The number of nitrogens with zero attached hydrogens (tertiary/aromatic N) is 1. The lowest BCUT2D eigenvalue weighted by Crippen LogP contribution is -1.96. The SMILES string of the molecule is C=Cc1cc(OC)cc(-c2ccc(OCc3ccccc3)nc2)c1. The maximum absolute atomic E-state index is 5.72. The van der Waals surface area contributed by atoms with E-state index in [4.69, 9.17) is 9.47 Å². The zero-order valence-corrected chi connectivity index (χ0v) is 13.6. The molecule has 0 spiro atoms. The van der Waals surface area contributed by atoms with Gasteiger partial charge in [0.2, 0.25) is 5.88 Å². The minimum Gasteiger partial charge on any atom is -0.497 e. The molecule has 0 saturated heterocycles. The largest absolute Gasteiger partial charge is 0.497 e. The zero-order chi connectivity index (χ0) is 16.8. The minimum atomic E-state index is 0.507. The Morgan fingerprint density at radius 2 is 1.83 bits per heavy atom. The number of aromatic nitrogens is 1. The molecular weight excluding hydrogens is 298 g/mol. The molecular formula is C21H19NO2. The lowest BCUT2D eigenvalue weighted by atomic mass is 10.0. The van der Waals surface area contributed by atoms with E-state index in [0.717, 1.165) is 28.0 Å². The normalized spacial score (nSPS) is 10.2. The highest BCUT2D eigenvalue weighted by Gasteiger charge is 2.04. The first-order valence-corrected chi connectivity index (χ1v) is 7.73. The van der Waals surface area contributed by atoms with E-state index in [1.807, 2.05) is 60.8 Å². The number of methoxy groups -OCH3 is 1. The fraction of sp³-hybridized carbons (Fsp3) is 0.0952. The van der Waals surface area contributed by atoms with Gasteiger partial charge in [-0.1, -0.05) is 43.0 Å². The van der Waals surface area contributed by atoms with Crippen molar-refractivity contribution in [3.8, 4) is 22.8 Å². The topological polar surface area (TPSA) is 31.4 Å². The lowest BCUT2D eigenvalue weighted by molar-refractivity contribution is 0.294. The molecule has 1 heterocycles. The third kappa shape index (κ3) is 3.82. The predicted octanol–water partition coefficient (Wildman–Crippen LogP) is 4.98. The van der Waals surface area contributed by atoms with Crippen LogP contribution in [0.3, 0.4) is 0 Å². The molecule has 0 saturated carbocycles. The van der Waals surface area contributed by atoms with Crippen molar-refractivity contribution in [2.45, 2.75) is 6.61 Å². The van der Waals surface area contributed by atoms with Gasteiger partial charge in [-0.15, -0.1) is 0 Å². The molecule has 24 heavy (non-hydrogen) atoms. The van der Waals surface area contributed by atoms with E-state index in [0.29, 0.717) is 12.5 Å². The predicted molar refractivity (Wildman–Crippen MR) is 97.1 cm³/mol. The number of benzene rings is 2. The van der Waals surface area contributed by atoms with Gasteiger partial charge in [0.15, 0.2) is 0 Å². The van der Waals surface area contributed by atoms with E-state index in [1.54, 1.807) is 13.2 Å². The summed E-state index contributed by atoms with van der Waals surface area (Å²) in [7, 11) is 1.66. The second kappa shape index (κ2) is 7.47. The molecule has 0 bridgehead atoms. The van der Waals surface area contributed by atoms with Crippen LogP contribution >= 0.6 is 0 Å². The van der Waals surface area contributed by atoms with Crippen LogP contribution in [0.5, 0.6) is 11.6 Å². The number of ether oxygens (including phenoxy) is 2. The van der Waals surface area contributed by atoms with E-state index in [2.05, 4.69) is 17.6 Å². The summed E-state index contributed by atoms with van der Waals surface area (Å²) < 4.78 is 11.1. The number of hydrogen-bond acceptors (Lipinski definition) is 3. The van der Waals surface area contributed by atoms with Crippen molar-refractivity contribution in [1.82, 2.24) is 4.98 Å². The summed E-state index contributed by atoms with van der Waals surface area (Å²) in [6, 6.07) is 19.9. The molecule has 2 aromatic carbocycles. The third-order valence-electron chi connectivity index (χ3n) is 3.70. The summed E-state index contributed by atoms with van der Waals surface area (Å²) in [5.74, 6) is 1.40. The molecule has 1 aromatic heterocycles. The molecule has 0 unspecified atom stereocenters. The first-order valence-electron chi connectivity index (χ1n) is 7.73. The highest BCUT2D eigenvalue weighted by atomic mass is 16.5. The maximum atomic E-state index is 5.72. The van der Waals surface area contributed by atoms with Crippen LogP contribution in [-0.2, 0) is 6.61 Å². The fourth-order valence-electron chi connectivity index (χ4n) is 2.39. The zero-order valence-electron chi connectivity index (χ0n) is 13.6. The Labute approximate surface area is 142 Å². The molecule has 3 aromatic rings. The van der Waals surface area contributed by atoms with Crippen molar-refractivity contribution in [2.24, 2.45) is 0 Å². The van der Waals surface area contributed by atoms with Crippen molar-refractivity contribution >= 4 is 6.08 Å². The highest BCUT2D eigenvalue weighted by molar-refractivity contribution is 5.69. The van der Waals surface area contributed by atoms with Crippen LogP contribution in [0.25, 0.3) is 17.2 Å². The Bertz CT molecular complexity index is 811. The van der Waals surface area contributed by atoms with Gasteiger partial charge in [-0.05, 0) is 41.0 Å². The third-order valence-corrected chi connectivity index (χ3v) is 3.70. The van der Waals surface area contributed by atoms with Crippen molar-refractivity contribution < 1.29 is 9.47 Å². The average Bonchev–Trinajstić information content (AvgIpc) is 2.67. The van der Waals surface area contributed by atoms with Gasteiger partial charge in [-0.2, -0.15) is 0 Å². The van der Waals surface area contributed by atoms with Crippen LogP contribution in [0.2, 0.25) is 0 Å². The smallest absolute Gasteiger partial charge is 0.213 e. The van der Waals surface area contributed by atoms with Crippen LogP contribution in [-0.4, -0.2) is 12.1 Å². The molecule has 120 valence electrons. The molecule has 3 nitrogen and oxygen atoms in total. The van der Waals surface area contributed by atoms with Crippen LogP contribution in [0, 0.1) is 0 Å². The van der Waals surface area contributed by atoms with E-state index in [-0.39, 0.29) is 0 Å². The molecule has 0 fully saturated rings. The minimum absolute atomic E-state index is 0.507. The Hall–Kier alpha value is -3.07. The Morgan fingerprint density at radius 1 is 1.00 bits per heavy atom. The summed E-state index contributed by atoms with van der Waals surface area (Å²) in [6.45, 7) is 4.32. The highest BCUT2D eigenvalue weighted by Crippen LogP contribution is 2.27. The van der Waals surface area contributed by atoms with Crippen molar-refractivity contribution in [2.75, 3.05) is 7.11 Å². The quantitative estimate of drug-likeness (QED) is 0.642. The summed E-state index contributed by atoms with van der Waals surface area (Å²) in [6.07, 6.45) is 3.61. The first kappa shape index (κ1) is 15.8. The van der Waals surface area contributed by atoms with Crippen LogP contribution in [0.15, 0.2) is 73.4 Å². The molecule has 3 heteroatoms. The molecule has 0 aliphatic carbocycles. The molecule has 0 aliphatic rings. The average molecular weight is 317 g/mol. The van der Waals surface area contributed by atoms with Gasteiger partial charge in [0, 0.05) is 17.8 Å². The molecule has 3 rings (SSSR count).